The zero-order chi connectivity index (χ0) is 24.0. The monoisotopic (exact) mass is 541 g/mol. The molecule has 1 amide bonds. The van der Waals surface area contributed by atoms with Crippen LogP contribution < -0.4 is 5.43 Å². The molecule has 1 N–H and O–H groups in total. The first kappa shape index (κ1) is 23.0. The van der Waals surface area contributed by atoms with Gasteiger partial charge in [-0.1, -0.05) is 100 Å². The van der Waals surface area contributed by atoms with Crippen molar-refractivity contribution in [3.63, 3.8) is 0 Å². The topological polar surface area (TPSA) is 72.2 Å². The second-order valence-electron chi connectivity index (χ2n) is 7.63. The predicted molar refractivity (Wildman–Crippen MR) is 145 cm³/mol. The molecule has 6 nitrogen and oxygen atoms in total. The molecule has 5 aromatic rings. The Balaban J connectivity index is 1.32. The molecule has 0 saturated heterocycles. The molecule has 0 atom stereocenters. The number of hydrogen-bond acceptors (Lipinski definition) is 5. The van der Waals surface area contributed by atoms with Gasteiger partial charge in [-0.2, -0.15) is 5.10 Å². The SMILES string of the molecule is O=C(CSc1nnc(-c2ccccc2)n1-c1ccc(Br)cc1)N/N=C/c1cccc2ccccc12. The van der Waals surface area contributed by atoms with Crippen molar-refractivity contribution < 1.29 is 4.79 Å². The molecule has 8 heteroatoms. The number of hydrogen-bond donors (Lipinski definition) is 1. The molecule has 0 fully saturated rings. The van der Waals surface area contributed by atoms with E-state index in [2.05, 4.69) is 36.7 Å². The zero-order valence-electron chi connectivity index (χ0n) is 18.5. The number of carbonyl (C=O) groups excluding carboxylic acids is 1. The molecule has 172 valence electrons. The summed E-state index contributed by atoms with van der Waals surface area (Å²) in [6, 6.07) is 31.8. The first-order valence-corrected chi connectivity index (χ1v) is 12.7. The molecule has 0 aliphatic rings. The first-order chi connectivity index (χ1) is 17.2. The van der Waals surface area contributed by atoms with Gasteiger partial charge in [0.2, 0.25) is 0 Å². The third-order valence-corrected chi connectivity index (χ3v) is 6.76. The van der Waals surface area contributed by atoms with Crippen molar-refractivity contribution in [3.8, 4) is 17.1 Å². The van der Waals surface area contributed by atoms with E-state index in [9.17, 15) is 4.79 Å². The van der Waals surface area contributed by atoms with Crippen molar-refractivity contribution in [2.75, 3.05) is 5.75 Å². The fourth-order valence-electron chi connectivity index (χ4n) is 3.66. The van der Waals surface area contributed by atoms with Crippen LogP contribution >= 0.6 is 27.7 Å². The number of nitrogens with zero attached hydrogens (tertiary/aromatic N) is 4. The van der Waals surface area contributed by atoms with E-state index < -0.39 is 0 Å². The smallest absolute Gasteiger partial charge is 0.250 e. The normalized spacial score (nSPS) is 11.2. The van der Waals surface area contributed by atoms with E-state index in [0.29, 0.717) is 11.0 Å². The molecule has 1 heterocycles. The van der Waals surface area contributed by atoms with E-state index in [1.807, 2.05) is 102 Å². The molecule has 0 bridgehead atoms. The van der Waals surface area contributed by atoms with Crippen molar-refractivity contribution in [2.45, 2.75) is 5.16 Å². The van der Waals surface area contributed by atoms with Crippen molar-refractivity contribution in [3.05, 3.63) is 107 Å². The fourth-order valence-corrected chi connectivity index (χ4v) is 4.67. The summed E-state index contributed by atoms with van der Waals surface area (Å²) in [6.07, 6.45) is 1.67. The van der Waals surface area contributed by atoms with Gasteiger partial charge in [-0.25, -0.2) is 5.43 Å². The Morgan fingerprint density at radius 3 is 2.49 bits per heavy atom. The molecule has 5 rings (SSSR count). The summed E-state index contributed by atoms with van der Waals surface area (Å²) in [5.41, 5.74) is 5.41. The van der Waals surface area contributed by atoms with Crippen molar-refractivity contribution in [1.29, 1.82) is 0 Å². The lowest BCUT2D eigenvalue weighted by molar-refractivity contribution is -0.118. The lowest BCUT2D eigenvalue weighted by atomic mass is 10.1. The summed E-state index contributed by atoms with van der Waals surface area (Å²) in [6.45, 7) is 0. The van der Waals surface area contributed by atoms with E-state index in [1.165, 1.54) is 11.8 Å². The summed E-state index contributed by atoms with van der Waals surface area (Å²) in [7, 11) is 0. The van der Waals surface area contributed by atoms with E-state index in [0.717, 1.165) is 32.1 Å². The molecule has 0 aliphatic carbocycles. The van der Waals surface area contributed by atoms with Crippen LogP contribution in [-0.2, 0) is 4.79 Å². The number of amides is 1. The molecular weight excluding hydrogens is 522 g/mol. The minimum atomic E-state index is -0.224. The van der Waals surface area contributed by atoms with Crippen molar-refractivity contribution in [2.24, 2.45) is 5.10 Å². The fraction of sp³-hybridized carbons (Fsp3) is 0.0370. The van der Waals surface area contributed by atoms with Crippen LogP contribution in [0.4, 0.5) is 0 Å². The van der Waals surface area contributed by atoms with Crippen LogP contribution in [0.15, 0.2) is 112 Å². The van der Waals surface area contributed by atoms with E-state index in [4.69, 9.17) is 0 Å². The molecule has 0 saturated carbocycles. The number of halogens is 1. The van der Waals surface area contributed by atoms with Crippen molar-refractivity contribution in [1.82, 2.24) is 20.2 Å². The van der Waals surface area contributed by atoms with Gasteiger partial charge in [0.15, 0.2) is 11.0 Å². The van der Waals surface area contributed by atoms with Gasteiger partial charge in [-0.3, -0.25) is 9.36 Å². The maximum atomic E-state index is 12.5. The van der Waals surface area contributed by atoms with Crippen LogP contribution in [0.1, 0.15) is 5.56 Å². The molecule has 0 spiro atoms. The van der Waals surface area contributed by atoms with Crippen LogP contribution in [-0.4, -0.2) is 32.6 Å². The average Bonchev–Trinajstić information content (AvgIpc) is 3.32. The highest BCUT2D eigenvalue weighted by molar-refractivity contribution is 9.10. The second kappa shape index (κ2) is 10.7. The number of thioether (sulfide) groups is 1. The Kier molecular flexibility index (Phi) is 7.02. The Labute approximate surface area is 215 Å². The Morgan fingerprint density at radius 1 is 0.914 bits per heavy atom. The van der Waals surface area contributed by atoms with Crippen LogP contribution in [0.2, 0.25) is 0 Å². The van der Waals surface area contributed by atoms with Gasteiger partial charge in [0, 0.05) is 21.3 Å². The van der Waals surface area contributed by atoms with Gasteiger partial charge in [0.05, 0.1) is 12.0 Å². The maximum absolute atomic E-state index is 12.5. The number of carbonyl (C=O) groups is 1. The molecule has 1 aromatic heterocycles. The molecule has 35 heavy (non-hydrogen) atoms. The standard InChI is InChI=1S/C27H20BrN5OS/c28-22-13-15-23(16-14-22)33-26(20-8-2-1-3-9-20)31-32-27(33)35-18-25(34)30-29-17-21-11-6-10-19-7-4-5-12-24(19)21/h1-17H,18H2,(H,30,34)/b29-17+. The lowest BCUT2D eigenvalue weighted by Crippen LogP contribution is -2.20. The van der Waals surface area contributed by atoms with Gasteiger partial charge in [-0.15, -0.1) is 10.2 Å². The highest BCUT2D eigenvalue weighted by Crippen LogP contribution is 2.28. The van der Waals surface area contributed by atoms with Gasteiger partial charge < -0.3 is 0 Å². The number of rotatable bonds is 7. The summed E-state index contributed by atoms with van der Waals surface area (Å²) < 4.78 is 2.94. The summed E-state index contributed by atoms with van der Waals surface area (Å²) in [5.74, 6) is 0.638. The Bertz CT molecular complexity index is 1490. The summed E-state index contributed by atoms with van der Waals surface area (Å²) in [4.78, 5) is 12.5. The number of fused-ring (bicyclic) bond motifs is 1. The molecule has 4 aromatic carbocycles. The molecule has 0 aliphatic heterocycles. The maximum Gasteiger partial charge on any atom is 0.250 e. The Hall–Kier alpha value is -3.75. The van der Waals surface area contributed by atoms with Gasteiger partial charge in [0.25, 0.3) is 5.91 Å². The number of hydrazone groups is 1. The number of nitrogens with one attached hydrogen (secondary N) is 1. The average molecular weight is 542 g/mol. The quantitative estimate of drug-likeness (QED) is 0.154. The van der Waals surface area contributed by atoms with Crippen LogP contribution in [0.25, 0.3) is 27.8 Å². The van der Waals surface area contributed by atoms with E-state index in [-0.39, 0.29) is 11.7 Å². The van der Waals surface area contributed by atoms with Gasteiger partial charge >= 0.3 is 0 Å². The van der Waals surface area contributed by atoms with Gasteiger partial charge in [0.1, 0.15) is 0 Å². The third kappa shape index (κ3) is 5.34. The highest BCUT2D eigenvalue weighted by Gasteiger charge is 2.17. The largest absolute Gasteiger partial charge is 0.272 e. The third-order valence-electron chi connectivity index (χ3n) is 5.30. The highest BCUT2D eigenvalue weighted by atomic mass is 79.9. The second-order valence-corrected chi connectivity index (χ2v) is 9.49. The van der Waals surface area contributed by atoms with Crippen LogP contribution in [0, 0.1) is 0 Å². The van der Waals surface area contributed by atoms with Crippen LogP contribution in [0.5, 0.6) is 0 Å². The lowest BCUT2D eigenvalue weighted by Gasteiger charge is -2.10. The minimum Gasteiger partial charge on any atom is -0.272 e. The number of benzene rings is 4. The van der Waals surface area contributed by atoms with Crippen molar-refractivity contribution >= 4 is 50.6 Å². The van der Waals surface area contributed by atoms with E-state index >= 15 is 0 Å². The molecule has 0 radical (unpaired) electrons. The molecular formula is C27H20BrN5OS. The zero-order valence-corrected chi connectivity index (χ0v) is 20.9. The van der Waals surface area contributed by atoms with E-state index in [1.54, 1.807) is 6.21 Å². The predicted octanol–water partition coefficient (Wildman–Crippen LogP) is 6.09. The number of aromatic nitrogens is 3. The Morgan fingerprint density at radius 2 is 1.66 bits per heavy atom. The summed E-state index contributed by atoms with van der Waals surface area (Å²) in [5, 5.41) is 15.8. The van der Waals surface area contributed by atoms with Gasteiger partial charge in [-0.05, 0) is 35.0 Å². The van der Waals surface area contributed by atoms with Crippen LogP contribution in [0.3, 0.4) is 0 Å². The minimum absolute atomic E-state index is 0.149. The molecule has 0 unspecified atom stereocenters. The summed E-state index contributed by atoms with van der Waals surface area (Å²) >= 11 is 4.79. The first-order valence-electron chi connectivity index (χ1n) is 10.9.